The van der Waals surface area contributed by atoms with Gasteiger partial charge in [-0.05, 0) is 0 Å². The van der Waals surface area contributed by atoms with Gasteiger partial charge in [-0.15, -0.1) is 0 Å². The molecular weight excluding hydrogens is 218 g/mol. The summed E-state index contributed by atoms with van der Waals surface area (Å²) in [7, 11) is -2.25. The summed E-state index contributed by atoms with van der Waals surface area (Å²) in [5.41, 5.74) is 5.40. The Kier molecular flexibility index (Phi) is 3.28. The van der Waals surface area contributed by atoms with Crippen LogP contribution in [0, 0.1) is 11.3 Å². The lowest BCUT2D eigenvalue weighted by atomic mass is 10.5. The third kappa shape index (κ3) is 2.26. The number of anilines is 1. The number of nitrogens with zero attached hydrogens (tertiary/aromatic N) is 3. The van der Waals surface area contributed by atoms with Crippen LogP contribution in [0.25, 0.3) is 0 Å². The van der Waals surface area contributed by atoms with Crippen LogP contribution in [0.2, 0.25) is 0 Å². The summed E-state index contributed by atoms with van der Waals surface area (Å²) in [5.74, 6) is -0.00110. The molecule has 3 N–H and O–H groups in total. The minimum atomic E-state index is -3.64. The van der Waals surface area contributed by atoms with Crippen molar-refractivity contribution in [2.45, 2.75) is 11.3 Å². The monoisotopic (exact) mass is 229 g/mol. The molecule has 0 atom stereocenters. The number of nitrogens with one attached hydrogen (secondary N) is 1. The molecule has 0 radical (unpaired) electrons. The summed E-state index contributed by atoms with van der Waals surface area (Å²) in [6, 6.07) is 1.87. The van der Waals surface area contributed by atoms with Crippen molar-refractivity contribution in [1.29, 1.82) is 5.26 Å². The Labute approximate surface area is 87.5 Å². The van der Waals surface area contributed by atoms with Gasteiger partial charge < -0.3 is 5.73 Å². The molecule has 0 unspecified atom stereocenters. The topological polar surface area (TPSA) is 116 Å². The summed E-state index contributed by atoms with van der Waals surface area (Å²) >= 11 is 0. The highest BCUT2D eigenvalue weighted by Gasteiger charge is 2.24. The van der Waals surface area contributed by atoms with Crippen molar-refractivity contribution in [1.82, 2.24) is 14.5 Å². The SMILES string of the molecule is CN(CCC#N)S(=O)(=O)c1cn[nH]c1N. The van der Waals surface area contributed by atoms with E-state index in [4.69, 9.17) is 11.0 Å². The molecule has 0 aromatic carbocycles. The van der Waals surface area contributed by atoms with Gasteiger partial charge in [0.2, 0.25) is 10.0 Å². The molecule has 82 valence electrons. The Morgan fingerprint density at radius 1 is 1.73 bits per heavy atom. The number of aromatic nitrogens is 2. The largest absolute Gasteiger partial charge is 0.383 e. The van der Waals surface area contributed by atoms with Gasteiger partial charge in [-0.3, -0.25) is 5.10 Å². The van der Waals surface area contributed by atoms with E-state index in [1.54, 1.807) is 0 Å². The molecule has 1 rings (SSSR count). The van der Waals surface area contributed by atoms with Crippen molar-refractivity contribution in [2.75, 3.05) is 19.3 Å². The lowest BCUT2D eigenvalue weighted by molar-refractivity contribution is 0.477. The maximum Gasteiger partial charge on any atom is 0.248 e. The molecule has 0 saturated heterocycles. The van der Waals surface area contributed by atoms with Crippen LogP contribution in [0.3, 0.4) is 0 Å². The molecule has 0 spiro atoms. The Morgan fingerprint density at radius 2 is 2.40 bits per heavy atom. The van der Waals surface area contributed by atoms with Crippen molar-refractivity contribution in [3.05, 3.63) is 6.20 Å². The van der Waals surface area contributed by atoms with E-state index in [2.05, 4.69) is 10.2 Å². The lowest BCUT2D eigenvalue weighted by Gasteiger charge is -2.14. The Hall–Kier alpha value is -1.59. The number of hydrogen-bond acceptors (Lipinski definition) is 5. The maximum atomic E-state index is 11.8. The lowest BCUT2D eigenvalue weighted by Crippen LogP contribution is -2.28. The molecule has 8 heteroatoms. The number of rotatable bonds is 4. The first-order chi connectivity index (χ1) is 7.00. The van der Waals surface area contributed by atoms with Gasteiger partial charge in [0.1, 0.15) is 10.7 Å². The zero-order chi connectivity index (χ0) is 11.5. The zero-order valence-corrected chi connectivity index (χ0v) is 8.95. The normalized spacial score (nSPS) is 11.5. The molecule has 1 aromatic heterocycles. The number of nitrogen functional groups attached to an aromatic ring is 1. The van der Waals surface area contributed by atoms with Crippen LogP contribution in [0.4, 0.5) is 5.82 Å². The number of hydrogen-bond donors (Lipinski definition) is 2. The van der Waals surface area contributed by atoms with Gasteiger partial charge in [-0.2, -0.15) is 14.7 Å². The van der Waals surface area contributed by atoms with Crippen molar-refractivity contribution >= 4 is 15.8 Å². The molecule has 0 saturated carbocycles. The van der Waals surface area contributed by atoms with E-state index >= 15 is 0 Å². The summed E-state index contributed by atoms with van der Waals surface area (Å²) < 4.78 is 24.7. The fourth-order valence-electron chi connectivity index (χ4n) is 0.986. The highest BCUT2D eigenvalue weighted by molar-refractivity contribution is 7.89. The Bertz CT molecular complexity index is 472. The zero-order valence-electron chi connectivity index (χ0n) is 8.14. The van der Waals surface area contributed by atoms with Crippen LogP contribution in [0.15, 0.2) is 11.1 Å². The molecule has 0 aliphatic rings. The predicted molar refractivity (Wildman–Crippen MR) is 53.0 cm³/mol. The van der Waals surface area contributed by atoms with E-state index in [0.717, 1.165) is 10.5 Å². The molecule has 0 aliphatic carbocycles. The van der Waals surface area contributed by atoms with Crippen molar-refractivity contribution < 1.29 is 8.42 Å². The van der Waals surface area contributed by atoms with Crippen molar-refractivity contribution in [3.63, 3.8) is 0 Å². The number of sulfonamides is 1. The second-order valence-corrected chi connectivity index (χ2v) is 4.90. The van der Waals surface area contributed by atoms with Crippen molar-refractivity contribution in [3.8, 4) is 6.07 Å². The van der Waals surface area contributed by atoms with E-state index in [9.17, 15) is 8.42 Å². The molecular formula is C7H11N5O2S. The summed E-state index contributed by atoms with van der Waals surface area (Å²) in [6.45, 7) is 0.128. The molecule has 0 fully saturated rings. The summed E-state index contributed by atoms with van der Waals surface area (Å²) in [5, 5.41) is 14.2. The van der Waals surface area contributed by atoms with E-state index in [1.807, 2.05) is 6.07 Å². The first-order valence-electron chi connectivity index (χ1n) is 4.12. The van der Waals surface area contributed by atoms with E-state index in [0.29, 0.717) is 0 Å². The average Bonchev–Trinajstić information content (AvgIpc) is 2.61. The molecule has 1 heterocycles. The Balaban J connectivity index is 2.94. The second-order valence-electron chi connectivity index (χ2n) is 2.88. The summed E-state index contributed by atoms with van der Waals surface area (Å²) in [4.78, 5) is -0.0667. The highest BCUT2D eigenvalue weighted by atomic mass is 32.2. The maximum absolute atomic E-state index is 11.8. The summed E-state index contributed by atoms with van der Waals surface area (Å²) in [6.07, 6.45) is 1.28. The van der Waals surface area contributed by atoms with Crippen molar-refractivity contribution in [2.24, 2.45) is 0 Å². The van der Waals surface area contributed by atoms with E-state index in [-0.39, 0.29) is 23.7 Å². The van der Waals surface area contributed by atoms with Crippen LogP contribution in [-0.4, -0.2) is 36.5 Å². The Morgan fingerprint density at radius 3 is 2.87 bits per heavy atom. The number of aromatic amines is 1. The van der Waals surface area contributed by atoms with Gasteiger partial charge in [0, 0.05) is 20.0 Å². The molecule has 0 amide bonds. The van der Waals surface area contributed by atoms with E-state index < -0.39 is 10.0 Å². The van der Waals surface area contributed by atoms with Crippen LogP contribution in [0.1, 0.15) is 6.42 Å². The highest BCUT2D eigenvalue weighted by Crippen LogP contribution is 2.18. The third-order valence-corrected chi connectivity index (χ3v) is 3.74. The first kappa shape index (κ1) is 11.5. The molecule has 1 aromatic rings. The quantitative estimate of drug-likeness (QED) is 0.723. The standard InChI is InChI=1S/C7H11N5O2S/c1-12(4-2-3-8)15(13,14)6-5-10-11-7(6)9/h5H,2,4H2,1H3,(H3,9,10,11). The molecule has 15 heavy (non-hydrogen) atoms. The van der Waals surface area contributed by atoms with Gasteiger partial charge in [0.15, 0.2) is 0 Å². The number of nitriles is 1. The third-order valence-electron chi connectivity index (χ3n) is 1.86. The fourth-order valence-corrected chi connectivity index (χ4v) is 2.16. The van der Waals surface area contributed by atoms with Crippen LogP contribution >= 0.6 is 0 Å². The number of H-pyrrole nitrogens is 1. The van der Waals surface area contributed by atoms with Crippen LogP contribution in [0.5, 0.6) is 0 Å². The van der Waals surface area contributed by atoms with Gasteiger partial charge in [-0.1, -0.05) is 0 Å². The van der Waals surface area contributed by atoms with Crippen LogP contribution < -0.4 is 5.73 Å². The second kappa shape index (κ2) is 4.29. The van der Waals surface area contributed by atoms with Gasteiger partial charge in [0.25, 0.3) is 0 Å². The first-order valence-corrected chi connectivity index (χ1v) is 5.56. The fraction of sp³-hybridized carbons (Fsp3) is 0.429. The van der Waals surface area contributed by atoms with Crippen LogP contribution in [-0.2, 0) is 10.0 Å². The minimum Gasteiger partial charge on any atom is -0.383 e. The van der Waals surface area contributed by atoms with Gasteiger partial charge in [0.05, 0.1) is 12.3 Å². The average molecular weight is 229 g/mol. The van der Waals surface area contributed by atoms with Gasteiger partial charge >= 0.3 is 0 Å². The minimum absolute atomic E-state index is 0.00110. The molecule has 7 nitrogen and oxygen atoms in total. The smallest absolute Gasteiger partial charge is 0.248 e. The predicted octanol–water partition coefficient (Wildman–Crippen LogP) is -0.474. The molecule has 0 bridgehead atoms. The number of nitrogens with two attached hydrogens (primary N) is 1. The van der Waals surface area contributed by atoms with E-state index in [1.165, 1.54) is 7.05 Å². The molecule has 0 aliphatic heterocycles. The van der Waals surface area contributed by atoms with Gasteiger partial charge in [-0.25, -0.2) is 8.42 Å².